The van der Waals surface area contributed by atoms with Crippen LogP contribution < -0.4 is 27.6 Å². The smallest absolute Gasteiger partial charge is 0.279 e. The Morgan fingerprint density at radius 3 is 2.86 bits per heavy atom. The zero-order valence-corrected chi connectivity index (χ0v) is 14.5. The predicted molar refractivity (Wildman–Crippen MR) is 95.7 cm³/mol. The number of amides is 1. The fourth-order valence-electron chi connectivity index (χ4n) is 1.78. The van der Waals surface area contributed by atoms with Crippen molar-refractivity contribution in [3.05, 3.63) is 37.9 Å². The van der Waals surface area contributed by atoms with Crippen molar-refractivity contribution in [3.8, 4) is 0 Å². The topological polar surface area (TPSA) is 114 Å². The average Bonchev–Trinajstić information content (AvgIpc) is 2.46. The molecule has 0 spiro atoms. The lowest BCUT2D eigenvalue weighted by Gasteiger charge is -2.13. The Bertz CT molecular complexity index is 806. The van der Waals surface area contributed by atoms with Gasteiger partial charge in [0.25, 0.3) is 11.5 Å². The highest BCUT2D eigenvalue weighted by Gasteiger charge is 2.09. The summed E-state index contributed by atoms with van der Waals surface area (Å²) in [5.41, 5.74) is 12.9. The van der Waals surface area contributed by atoms with Crippen molar-refractivity contribution >= 4 is 56.7 Å². The maximum Gasteiger partial charge on any atom is 0.279 e. The van der Waals surface area contributed by atoms with E-state index in [1.807, 2.05) is 6.07 Å². The summed E-state index contributed by atoms with van der Waals surface area (Å²) in [7, 11) is 0. The van der Waals surface area contributed by atoms with E-state index in [0.29, 0.717) is 16.7 Å². The third kappa shape index (κ3) is 3.82. The number of thiocarbonyl (C=S) groups is 1. The number of benzene rings is 1. The van der Waals surface area contributed by atoms with Crippen LogP contribution in [0.5, 0.6) is 0 Å². The average molecular weight is 432 g/mol. The maximum absolute atomic E-state index is 12.4. The Balaban J connectivity index is 2.22. The van der Waals surface area contributed by atoms with E-state index in [0.717, 1.165) is 3.57 Å². The molecule has 0 fully saturated rings. The van der Waals surface area contributed by atoms with Gasteiger partial charge in [-0.3, -0.25) is 20.4 Å². The minimum absolute atomic E-state index is 0.0522. The molecule has 0 unspecified atom stereocenters. The second-order valence-electron chi connectivity index (χ2n) is 4.33. The summed E-state index contributed by atoms with van der Waals surface area (Å²) in [4.78, 5) is 28.4. The van der Waals surface area contributed by atoms with Gasteiger partial charge in [-0.1, -0.05) is 0 Å². The second-order valence-corrected chi connectivity index (χ2v) is 6.02. The summed E-state index contributed by atoms with van der Waals surface area (Å²) in [5, 5.41) is 0.426. The van der Waals surface area contributed by atoms with Gasteiger partial charge in [-0.15, -0.1) is 0 Å². The van der Waals surface area contributed by atoms with Crippen LogP contribution >= 0.6 is 34.8 Å². The Morgan fingerprint density at radius 1 is 1.45 bits per heavy atom. The first-order valence-corrected chi connectivity index (χ1v) is 7.64. The molecule has 0 bridgehead atoms. The quantitative estimate of drug-likeness (QED) is 0.300. The van der Waals surface area contributed by atoms with Gasteiger partial charge in [0, 0.05) is 3.57 Å². The van der Waals surface area contributed by atoms with Crippen LogP contribution in [-0.4, -0.2) is 27.2 Å². The molecule has 2 aromatic rings. The van der Waals surface area contributed by atoms with Crippen molar-refractivity contribution in [2.24, 2.45) is 5.73 Å². The number of hydrazine groups is 1. The standard InChI is InChI=1S/C12H13IN6O2S/c1-6-16-9-3-2-7(13)4-8(9)11(21)19(6)15-5-10(20)17-18-12(14)22/h2-4,15H,5H2,1H3,(H,17,20)(H3,14,18,22). The van der Waals surface area contributed by atoms with E-state index in [-0.39, 0.29) is 17.2 Å². The van der Waals surface area contributed by atoms with E-state index in [9.17, 15) is 9.59 Å². The molecule has 22 heavy (non-hydrogen) atoms. The van der Waals surface area contributed by atoms with E-state index >= 15 is 0 Å². The van der Waals surface area contributed by atoms with Crippen molar-refractivity contribution in [2.45, 2.75) is 6.92 Å². The van der Waals surface area contributed by atoms with E-state index in [1.165, 1.54) is 4.68 Å². The molecule has 1 heterocycles. The molecule has 0 aliphatic heterocycles. The molecule has 0 saturated carbocycles. The number of nitrogens with zero attached hydrogens (tertiary/aromatic N) is 2. The van der Waals surface area contributed by atoms with Gasteiger partial charge in [0.1, 0.15) is 12.4 Å². The highest BCUT2D eigenvalue weighted by Crippen LogP contribution is 2.12. The van der Waals surface area contributed by atoms with E-state index in [1.54, 1.807) is 19.1 Å². The molecule has 1 aromatic heterocycles. The number of rotatable bonds is 3. The van der Waals surface area contributed by atoms with Crippen LogP contribution in [0, 0.1) is 10.5 Å². The Morgan fingerprint density at radius 2 is 2.18 bits per heavy atom. The van der Waals surface area contributed by atoms with Crippen molar-refractivity contribution < 1.29 is 4.79 Å². The van der Waals surface area contributed by atoms with Gasteiger partial charge in [-0.05, 0) is 59.9 Å². The van der Waals surface area contributed by atoms with Crippen LogP contribution in [0.1, 0.15) is 5.82 Å². The number of carbonyl (C=O) groups is 1. The number of aromatic nitrogens is 2. The molecule has 5 N–H and O–H groups in total. The van der Waals surface area contributed by atoms with E-state index in [4.69, 9.17) is 5.73 Å². The highest BCUT2D eigenvalue weighted by atomic mass is 127. The van der Waals surface area contributed by atoms with Gasteiger partial charge >= 0.3 is 0 Å². The number of nitrogens with one attached hydrogen (secondary N) is 3. The van der Waals surface area contributed by atoms with Gasteiger partial charge in [0.15, 0.2) is 5.11 Å². The zero-order chi connectivity index (χ0) is 16.3. The maximum atomic E-state index is 12.4. The summed E-state index contributed by atoms with van der Waals surface area (Å²) >= 11 is 6.69. The summed E-state index contributed by atoms with van der Waals surface area (Å²) in [6.45, 7) is 1.53. The molecule has 8 nitrogen and oxygen atoms in total. The van der Waals surface area contributed by atoms with Crippen LogP contribution in [0.2, 0.25) is 0 Å². The van der Waals surface area contributed by atoms with Gasteiger partial charge in [-0.2, -0.15) is 0 Å². The fourth-order valence-corrected chi connectivity index (χ4v) is 2.32. The zero-order valence-electron chi connectivity index (χ0n) is 11.5. The van der Waals surface area contributed by atoms with Gasteiger partial charge in [-0.25, -0.2) is 9.66 Å². The molecule has 0 aliphatic carbocycles. The highest BCUT2D eigenvalue weighted by molar-refractivity contribution is 14.1. The Labute approximate surface area is 144 Å². The first-order valence-electron chi connectivity index (χ1n) is 6.15. The van der Waals surface area contributed by atoms with Crippen LogP contribution in [0.15, 0.2) is 23.0 Å². The lowest BCUT2D eigenvalue weighted by Crippen LogP contribution is -2.48. The predicted octanol–water partition coefficient (Wildman–Crippen LogP) is -0.283. The van der Waals surface area contributed by atoms with Crippen molar-refractivity contribution in [3.63, 3.8) is 0 Å². The van der Waals surface area contributed by atoms with Crippen LogP contribution in [0.3, 0.4) is 0 Å². The molecular formula is C12H13IN6O2S. The second kappa shape index (κ2) is 6.87. The van der Waals surface area contributed by atoms with Crippen LogP contribution in [0.4, 0.5) is 0 Å². The Hall–Kier alpha value is -1.95. The number of fused-ring (bicyclic) bond motifs is 1. The van der Waals surface area contributed by atoms with Crippen molar-refractivity contribution in [1.82, 2.24) is 20.5 Å². The molecule has 116 valence electrons. The molecule has 0 atom stereocenters. The van der Waals surface area contributed by atoms with Crippen molar-refractivity contribution in [2.75, 3.05) is 12.0 Å². The van der Waals surface area contributed by atoms with Gasteiger partial charge in [0.05, 0.1) is 10.9 Å². The van der Waals surface area contributed by atoms with Gasteiger partial charge < -0.3 is 11.2 Å². The number of hydrogen-bond acceptors (Lipinski definition) is 5. The number of aryl methyl sites for hydroxylation is 1. The molecule has 1 aromatic carbocycles. The molecule has 0 radical (unpaired) electrons. The summed E-state index contributed by atoms with van der Waals surface area (Å²) < 4.78 is 2.16. The molecular weight excluding hydrogens is 419 g/mol. The van der Waals surface area contributed by atoms with Crippen molar-refractivity contribution in [1.29, 1.82) is 0 Å². The molecule has 10 heteroatoms. The first kappa shape index (κ1) is 16.4. The largest absolute Gasteiger partial charge is 0.375 e. The molecule has 0 aliphatic rings. The summed E-state index contributed by atoms with van der Waals surface area (Å²) in [6.07, 6.45) is 0. The fraction of sp³-hybridized carbons (Fsp3) is 0.167. The molecule has 0 saturated heterocycles. The van der Waals surface area contributed by atoms with Crippen LogP contribution in [-0.2, 0) is 4.79 Å². The van der Waals surface area contributed by atoms with E-state index in [2.05, 4.69) is 56.1 Å². The third-order valence-electron chi connectivity index (χ3n) is 2.72. The number of hydrogen-bond donors (Lipinski definition) is 4. The van der Waals surface area contributed by atoms with Gasteiger partial charge in [0.2, 0.25) is 0 Å². The number of nitrogens with two attached hydrogens (primary N) is 1. The lowest BCUT2D eigenvalue weighted by molar-refractivity contribution is -0.120. The SMILES string of the molecule is Cc1nc2ccc(I)cc2c(=O)n1NCC(=O)NNC(N)=S. The third-order valence-corrected chi connectivity index (χ3v) is 3.49. The number of halogens is 1. The minimum atomic E-state index is -0.429. The van der Waals surface area contributed by atoms with E-state index < -0.39 is 5.91 Å². The van der Waals surface area contributed by atoms with Crippen LogP contribution in [0.25, 0.3) is 10.9 Å². The minimum Gasteiger partial charge on any atom is -0.375 e. The number of carbonyl (C=O) groups excluding carboxylic acids is 1. The Kier molecular flexibility index (Phi) is 5.13. The summed E-state index contributed by atoms with van der Waals surface area (Å²) in [6, 6.07) is 5.41. The monoisotopic (exact) mass is 432 g/mol. The lowest BCUT2D eigenvalue weighted by atomic mass is 10.2. The first-order chi connectivity index (χ1) is 10.4. The summed E-state index contributed by atoms with van der Waals surface area (Å²) in [5.74, 6) is 0.0238. The molecule has 2 rings (SSSR count). The normalized spacial score (nSPS) is 10.3. The molecule has 1 amide bonds.